The van der Waals surface area contributed by atoms with Crippen LogP contribution in [0.1, 0.15) is 167 Å². The Labute approximate surface area is 465 Å². The van der Waals surface area contributed by atoms with Crippen molar-refractivity contribution in [2.45, 2.75) is 233 Å². The standard InChI is InChI=1S/C54H95N9O16/c1-13-15-16-17-18-19-34(66)25-41(67)55-36(22-28(3)4)47(71)56-35(20-21-42(68)69)46(70)63-45-33(12)79-54(78)44(32(11)14-2)62-51(75)40(27-65)60-48(72)37(23-29(5)6)57-50(74)39(26-64)59-49(73)38(24-30(7)8)58-52(76)43(31(9)10)61-53(45)77/h28-40,43-45,64-66H,13-27H2,1-12H3,(H,55,67)(H,56,71)(H,57,74)(H,58,76)(H,59,73)(H,60,72)(H,61,77)(H,62,75)(H,63,70)(H,68,69)/t32-,33+,34-,35+,36-,37-,38-,39+,40+,43+,44-,45+/m0/s1. The summed E-state index contributed by atoms with van der Waals surface area (Å²) in [7, 11) is 0. The van der Waals surface area contributed by atoms with Gasteiger partial charge in [-0.2, -0.15) is 0 Å². The Hall–Kier alpha value is -5.95. The van der Waals surface area contributed by atoms with E-state index in [2.05, 4.69) is 54.8 Å². The molecular weight excluding hydrogens is 1030 g/mol. The highest BCUT2D eigenvalue weighted by atomic mass is 16.5. The van der Waals surface area contributed by atoms with Crippen LogP contribution in [-0.4, -0.2) is 165 Å². The van der Waals surface area contributed by atoms with Crippen molar-refractivity contribution in [2.24, 2.45) is 29.6 Å². The van der Waals surface area contributed by atoms with Crippen LogP contribution in [0, 0.1) is 29.6 Å². The van der Waals surface area contributed by atoms with Crippen molar-refractivity contribution < 1.29 is 77.9 Å². The van der Waals surface area contributed by atoms with Crippen LogP contribution in [0.3, 0.4) is 0 Å². The van der Waals surface area contributed by atoms with E-state index >= 15 is 0 Å². The Morgan fingerprint density at radius 3 is 1.56 bits per heavy atom. The minimum Gasteiger partial charge on any atom is -0.481 e. The number of aliphatic hydroxyl groups is 3. The lowest BCUT2D eigenvalue weighted by Gasteiger charge is -2.32. The lowest BCUT2D eigenvalue weighted by Crippen LogP contribution is -2.64. The highest BCUT2D eigenvalue weighted by Gasteiger charge is 2.40. The first-order valence-electron chi connectivity index (χ1n) is 28.0. The van der Waals surface area contributed by atoms with E-state index < -0.39 is 170 Å². The molecule has 0 bridgehead atoms. The predicted octanol–water partition coefficient (Wildman–Crippen LogP) is 0.0962. The summed E-state index contributed by atoms with van der Waals surface area (Å²) in [6.07, 6.45) is 1.05. The van der Waals surface area contributed by atoms with Crippen molar-refractivity contribution in [3.63, 3.8) is 0 Å². The summed E-state index contributed by atoms with van der Waals surface area (Å²) in [4.78, 5) is 152. The van der Waals surface area contributed by atoms with Crippen LogP contribution in [0.25, 0.3) is 0 Å². The lowest BCUT2D eigenvalue weighted by atomic mass is 9.98. The number of rotatable bonds is 27. The highest BCUT2D eigenvalue weighted by Crippen LogP contribution is 2.17. The number of carboxylic acid groups (broad SMARTS) is 1. The third-order valence-corrected chi connectivity index (χ3v) is 13.4. The molecule has 0 radical (unpaired) electrons. The van der Waals surface area contributed by atoms with E-state index in [1.165, 1.54) is 6.92 Å². The molecule has 1 saturated heterocycles. The molecule has 0 saturated carbocycles. The molecule has 25 nitrogen and oxygen atoms in total. The van der Waals surface area contributed by atoms with Gasteiger partial charge >= 0.3 is 11.9 Å². The number of aliphatic carboxylic acids is 1. The molecule has 0 spiro atoms. The maximum Gasteiger partial charge on any atom is 0.329 e. The van der Waals surface area contributed by atoms with Crippen LogP contribution in [-0.2, 0) is 57.5 Å². The summed E-state index contributed by atoms with van der Waals surface area (Å²) >= 11 is 0. The van der Waals surface area contributed by atoms with Crippen molar-refractivity contribution >= 4 is 65.1 Å². The summed E-state index contributed by atoms with van der Waals surface area (Å²) in [6, 6.07) is -14.1. The Morgan fingerprint density at radius 1 is 0.582 bits per heavy atom. The van der Waals surface area contributed by atoms with Gasteiger partial charge in [0.15, 0.2) is 0 Å². The minimum atomic E-state index is -1.95. The number of hydrogen-bond donors (Lipinski definition) is 13. The first-order valence-corrected chi connectivity index (χ1v) is 28.0. The molecule has 1 rings (SSSR count). The van der Waals surface area contributed by atoms with Crippen molar-refractivity contribution in [2.75, 3.05) is 13.2 Å². The monoisotopic (exact) mass is 1130 g/mol. The van der Waals surface area contributed by atoms with E-state index in [0.717, 1.165) is 25.7 Å². The van der Waals surface area contributed by atoms with E-state index in [-0.39, 0.29) is 49.9 Å². The van der Waals surface area contributed by atoms with E-state index in [1.54, 1.807) is 69.2 Å². The van der Waals surface area contributed by atoms with Gasteiger partial charge in [-0.3, -0.25) is 47.9 Å². The number of unbranched alkanes of at least 4 members (excludes halogenated alkanes) is 4. The Morgan fingerprint density at radius 2 is 1.08 bits per heavy atom. The van der Waals surface area contributed by atoms with E-state index in [1.807, 2.05) is 0 Å². The second kappa shape index (κ2) is 36.3. The quantitative estimate of drug-likeness (QED) is 0.0383. The SMILES string of the molecule is CCCCCCC[C@H](O)CC(=O)N[C@@H](CC(C)C)C(=O)N[C@H](CCC(=O)O)C(=O)N[C@H]1C(=O)N[C@H](C(C)C)C(=O)N[C@@H](CC(C)C)C(=O)N[C@H](CO)C(=O)N[C@@H](CC(C)C)C(=O)N[C@H](CO)C(=O)N[C@@H]([C@@H](C)CC)C(=O)O[C@@H]1C. The van der Waals surface area contributed by atoms with E-state index in [9.17, 15) is 73.2 Å². The first-order chi connectivity index (χ1) is 37.0. The van der Waals surface area contributed by atoms with Gasteiger partial charge in [-0.25, -0.2) is 4.79 Å². The fourth-order valence-electron chi connectivity index (χ4n) is 8.61. The van der Waals surface area contributed by atoms with Gasteiger partial charge < -0.3 is 73.0 Å². The van der Waals surface area contributed by atoms with Gasteiger partial charge in [-0.15, -0.1) is 0 Å². The van der Waals surface area contributed by atoms with E-state index in [4.69, 9.17) is 4.74 Å². The molecule has 13 N–H and O–H groups in total. The summed E-state index contributed by atoms with van der Waals surface area (Å²) in [6.45, 7) is 18.2. The maximum absolute atomic E-state index is 14.7. The fourth-order valence-corrected chi connectivity index (χ4v) is 8.61. The number of ether oxygens (including phenoxy) is 1. The lowest BCUT2D eigenvalue weighted by molar-refractivity contribution is -0.158. The molecule has 1 aliphatic heterocycles. The normalized spacial score (nSPS) is 24.0. The average Bonchev–Trinajstić information content (AvgIpc) is 3.36. The summed E-state index contributed by atoms with van der Waals surface area (Å²) in [5, 5.41) is 63.5. The van der Waals surface area contributed by atoms with Gasteiger partial charge in [-0.05, 0) is 68.6 Å². The summed E-state index contributed by atoms with van der Waals surface area (Å²) in [5.41, 5.74) is 0. The summed E-state index contributed by atoms with van der Waals surface area (Å²) in [5.74, 6) is -13.4. The van der Waals surface area contributed by atoms with Gasteiger partial charge in [0, 0.05) is 6.42 Å². The molecule has 79 heavy (non-hydrogen) atoms. The molecule has 452 valence electrons. The molecule has 1 fully saturated rings. The zero-order chi connectivity index (χ0) is 60.3. The van der Waals surface area contributed by atoms with Gasteiger partial charge in [0.1, 0.15) is 60.5 Å². The van der Waals surface area contributed by atoms with Crippen molar-refractivity contribution in [1.29, 1.82) is 0 Å². The third-order valence-electron chi connectivity index (χ3n) is 13.4. The second-order valence-corrected chi connectivity index (χ2v) is 22.4. The largest absolute Gasteiger partial charge is 0.481 e. The molecule has 25 heteroatoms. The van der Waals surface area contributed by atoms with Gasteiger partial charge in [0.05, 0.1) is 25.7 Å². The van der Waals surface area contributed by atoms with Crippen LogP contribution in [0.4, 0.5) is 0 Å². The number of carboxylic acids is 1. The van der Waals surface area contributed by atoms with Gasteiger partial charge in [0.25, 0.3) is 0 Å². The van der Waals surface area contributed by atoms with Crippen molar-refractivity contribution in [1.82, 2.24) is 47.9 Å². The zero-order valence-electron chi connectivity index (χ0n) is 48.5. The number of carbonyl (C=O) groups is 11. The molecule has 0 unspecified atom stereocenters. The van der Waals surface area contributed by atoms with Crippen LogP contribution in [0.5, 0.6) is 0 Å². The molecule has 12 atom stereocenters. The molecule has 0 aliphatic carbocycles. The van der Waals surface area contributed by atoms with Crippen molar-refractivity contribution in [3.8, 4) is 0 Å². The predicted molar refractivity (Wildman–Crippen MR) is 291 cm³/mol. The minimum absolute atomic E-state index is 0.0100. The van der Waals surface area contributed by atoms with Crippen LogP contribution >= 0.6 is 0 Å². The average molecular weight is 1130 g/mol. The zero-order valence-corrected chi connectivity index (χ0v) is 48.5. The smallest absolute Gasteiger partial charge is 0.329 e. The maximum atomic E-state index is 14.7. The number of amides is 9. The number of hydrogen-bond acceptors (Lipinski definition) is 15. The molecule has 0 aromatic rings. The Kier molecular flexibility index (Phi) is 32.7. The molecule has 0 aromatic heterocycles. The molecule has 0 aromatic carbocycles. The molecule has 1 heterocycles. The summed E-state index contributed by atoms with van der Waals surface area (Å²) < 4.78 is 5.82. The molecule has 1 aliphatic rings. The third kappa shape index (κ3) is 26.3. The Bertz CT molecular complexity index is 2020. The van der Waals surface area contributed by atoms with Crippen LogP contribution < -0.4 is 47.9 Å². The van der Waals surface area contributed by atoms with Crippen molar-refractivity contribution in [3.05, 3.63) is 0 Å². The van der Waals surface area contributed by atoms with Gasteiger partial charge in [0.2, 0.25) is 53.2 Å². The number of nitrogens with one attached hydrogen (secondary N) is 9. The number of cyclic esters (lactones) is 1. The fraction of sp³-hybridized carbons (Fsp3) is 0.796. The molecular formula is C54H95N9O16. The van der Waals surface area contributed by atoms with E-state index in [0.29, 0.717) is 12.8 Å². The second-order valence-electron chi connectivity index (χ2n) is 22.4. The van der Waals surface area contributed by atoms with Gasteiger partial charge in [-0.1, -0.05) is 115 Å². The topological polar surface area (TPSA) is 386 Å². The number of esters is 1. The number of carbonyl (C=O) groups excluding carboxylic acids is 10. The molecule has 9 amide bonds. The first kappa shape index (κ1) is 71.1. The highest BCUT2D eigenvalue weighted by molar-refractivity contribution is 5.99. The van der Waals surface area contributed by atoms with Crippen LogP contribution in [0.15, 0.2) is 0 Å². The van der Waals surface area contributed by atoms with Crippen LogP contribution in [0.2, 0.25) is 0 Å². The Balaban J connectivity index is 3.99. The number of aliphatic hydroxyl groups excluding tert-OH is 3.